The van der Waals surface area contributed by atoms with Gasteiger partial charge >= 0.3 is 0 Å². The number of hydrogen-bond donors (Lipinski definition) is 2. The van der Waals surface area contributed by atoms with Crippen molar-refractivity contribution in [2.24, 2.45) is 11.7 Å². The van der Waals surface area contributed by atoms with Gasteiger partial charge in [0.1, 0.15) is 11.7 Å². The SMILES string of the molecule is CC(C)C(NC(=O)c1ccccn1)C(=O)N1C[C@@H](N)[C@H](c2ccccc2)C1.Cl.Cl. The van der Waals surface area contributed by atoms with E-state index in [0.717, 1.165) is 5.56 Å². The molecule has 1 aromatic heterocycles. The summed E-state index contributed by atoms with van der Waals surface area (Å²) in [4.78, 5) is 31.4. The first kappa shape index (κ1) is 24.9. The molecule has 2 heterocycles. The molecule has 1 aliphatic rings. The fourth-order valence-electron chi connectivity index (χ4n) is 3.48. The van der Waals surface area contributed by atoms with E-state index in [0.29, 0.717) is 18.8 Å². The van der Waals surface area contributed by atoms with Gasteiger partial charge in [-0.2, -0.15) is 0 Å². The molecule has 158 valence electrons. The van der Waals surface area contributed by atoms with Crippen LogP contribution in [0.1, 0.15) is 35.8 Å². The van der Waals surface area contributed by atoms with Gasteiger partial charge in [0.05, 0.1) is 0 Å². The third-order valence-corrected chi connectivity index (χ3v) is 5.02. The van der Waals surface area contributed by atoms with E-state index < -0.39 is 6.04 Å². The minimum absolute atomic E-state index is 0. The van der Waals surface area contributed by atoms with Crippen molar-refractivity contribution in [1.29, 1.82) is 0 Å². The Labute approximate surface area is 184 Å². The molecule has 2 amide bonds. The van der Waals surface area contributed by atoms with Gasteiger partial charge in [0.15, 0.2) is 0 Å². The Morgan fingerprint density at radius 2 is 1.72 bits per heavy atom. The van der Waals surface area contributed by atoms with Gasteiger partial charge in [0, 0.05) is 31.2 Å². The molecule has 0 bridgehead atoms. The van der Waals surface area contributed by atoms with Crippen LogP contribution in [0.4, 0.5) is 0 Å². The predicted octanol–water partition coefficient (Wildman–Crippen LogP) is 2.63. The number of nitrogens with one attached hydrogen (secondary N) is 1. The fraction of sp³-hybridized carbons (Fsp3) is 0.381. The second kappa shape index (κ2) is 11.1. The Morgan fingerprint density at radius 3 is 2.31 bits per heavy atom. The summed E-state index contributed by atoms with van der Waals surface area (Å²) in [7, 11) is 0. The number of benzene rings is 1. The van der Waals surface area contributed by atoms with Gasteiger partial charge in [0.2, 0.25) is 5.91 Å². The number of nitrogens with two attached hydrogens (primary N) is 1. The van der Waals surface area contributed by atoms with E-state index in [1.807, 2.05) is 44.2 Å². The number of pyridine rings is 1. The number of nitrogens with zero attached hydrogens (tertiary/aromatic N) is 2. The summed E-state index contributed by atoms with van der Waals surface area (Å²) in [5.74, 6) is -0.375. The first-order valence-electron chi connectivity index (χ1n) is 9.28. The molecule has 3 atom stereocenters. The van der Waals surface area contributed by atoms with Crippen LogP contribution in [0.25, 0.3) is 0 Å². The zero-order valence-electron chi connectivity index (χ0n) is 16.5. The first-order valence-corrected chi connectivity index (χ1v) is 9.28. The number of likely N-dealkylation sites (tertiary alicyclic amines) is 1. The lowest BCUT2D eigenvalue weighted by molar-refractivity contribution is -0.133. The minimum Gasteiger partial charge on any atom is -0.339 e. The molecule has 1 saturated heterocycles. The summed E-state index contributed by atoms with van der Waals surface area (Å²) in [6.07, 6.45) is 1.56. The highest BCUT2D eigenvalue weighted by atomic mass is 35.5. The average Bonchev–Trinajstić information content (AvgIpc) is 3.08. The third kappa shape index (κ3) is 5.92. The van der Waals surface area contributed by atoms with Crippen LogP contribution in [0.3, 0.4) is 0 Å². The molecule has 29 heavy (non-hydrogen) atoms. The summed E-state index contributed by atoms with van der Waals surface area (Å²) < 4.78 is 0. The number of hydrogen-bond acceptors (Lipinski definition) is 4. The molecule has 2 aromatic rings. The molecule has 0 aliphatic carbocycles. The molecule has 1 fully saturated rings. The van der Waals surface area contributed by atoms with Gasteiger partial charge in [0.25, 0.3) is 5.91 Å². The first-order chi connectivity index (χ1) is 13.0. The summed E-state index contributed by atoms with van der Waals surface area (Å²) in [6.45, 7) is 4.89. The maximum Gasteiger partial charge on any atom is 0.270 e. The van der Waals surface area contributed by atoms with Crippen molar-refractivity contribution in [2.45, 2.75) is 31.8 Å². The van der Waals surface area contributed by atoms with Crippen molar-refractivity contribution in [1.82, 2.24) is 15.2 Å². The lowest BCUT2D eigenvalue weighted by atomic mass is 9.95. The smallest absolute Gasteiger partial charge is 0.270 e. The zero-order chi connectivity index (χ0) is 19.4. The van der Waals surface area contributed by atoms with Crippen LogP contribution >= 0.6 is 24.8 Å². The highest BCUT2D eigenvalue weighted by Gasteiger charge is 2.37. The van der Waals surface area contributed by atoms with Crippen LogP contribution in [0.5, 0.6) is 0 Å². The Balaban J connectivity index is 0.00000210. The van der Waals surface area contributed by atoms with Crippen molar-refractivity contribution in [3.05, 3.63) is 66.0 Å². The van der Waals surface area contributed by atoms with Gasteiger partial charge in [-0.3, -0.25) is 14.6 Å². The van der Waals surface area contributed by atoms with Crippen molar-refractivity contribution >= 4 is 36.6 Å². The van der Waals surface area contributed by atoms with Crippen LogP contribution in [0.15, 0.2) is 54.7 Å². The van der Waals surface area contributed by atoms with E-state index in [9.17, 15) is 9.59 Å². The molecule has 8 heteroatoms. The van der Waals surface area contributed by atoms with E-state index in [2.05, 4.69) is 10.3 Å². The average molecular weight is 439 g/mol. The Bertz CT molecular complexity index is 790. The van der Waals surface area contributed by atoms with Gasteiger partial charge in [-0.25, -0.2) is 0 Å². The Morgan fingerprint density at radius 1 is 1.07 bits per heavy atom. The molecule has 1 aliphatic heterocycles. The zero-order valence-corrected chi connectivity index (χ0v) is 18.2. The maximum atomic E-state index is 13.1. The summed E-state index contributed by atoms with van der Waals surface area (Å²) >= 11 is 0. The van der Waals surface area contributed by atoms with E-state index in [1.165, 1.54) is 0 Å². The molecule has 1 aromatic carbocycles. The number of amides is 2. The summed E-state index contributed by atoms with van der Waals surface area (Å²) in [5.41, 5.74) is 7.76. The van der Waals surface area contributed by atoms with Crippen molar-refractivity contribution < 1.29 is 9.59 Å². The lowest BCUT2D eigenvalue weighted by Crippen LogP contribution is -2.51. The summed E-state index contributed by atoms with van der Waals surface area (Å²) in [6, 6.07) is 14.4. The van der Waals surface area contributed by atoms with Crippen LogP contribution in [-0.2, 0) is 4.79 Å². The minimum atomic E-state index is -0.610. The van der Waals surface area contributed by atoms with Gasteiger partial charge in [-0.15, -0.1) is 24.8 Å². The topological polar surface area (TPSA) is 88.3 Å². The van der Waals surface area contributed by atoms with Crippen LogP contribution in [0.2, 0.25) is 0 Å². The normalized spacial score (nSPS) is 19.1. The Hall–Kier alpha value is -2.15. The molecule has 6 nitrogen and oxygen atoms in total. The maximum absolute atomic E-state index is 13.1. The van der Waals surface area contributed by atoms with E-state index in [4.69, 9.17) is 5.73 Å². The molecular weight excluding hydrogens is 411 g/mol. The highest BCUT2D eigenvalue weighted by molar-refractivity contribution is 5.96. The molecule has 0 radical (unpaired) electrons. The van der Waals surface area contributed by atoms with Crippen LogP contribution in [0, 0.1) is 5.92 Å². The van der Waals surface area contributed by atoms with E-state index in [-0.39, 0.29) is 54.5 Å². The summed E-state index contributed by atoms with van der Waals surface area (Å²) in [5, 5.41) is 2.85. The monoisotopic (exact) mass is 438 g/mol. The predicted molar refractivity (Wildman–Crippen MR) is 119 cm³/mol. The molecule has 3 rings (SSSR count). The second-order valence-corrected chi connectivity index (χ2v) is 7.33. The van der Waals surface area contributed by atoms with Crippen LogP contribution in [-0.4, -0.2) is 46.9 Å². The lowest BCUT2D eigenvalue weighted by Gasteiger charge is -2.27. The molecule has 3 N–H and O–H groups in total. The highest BCUT2D eigenvalue weighted by Crippen LogP contribution is 2.27. The number of halogens is 2. The van der Waals surface area contributed by atoms with E-state index >= 15 is 0 Å². The van der Waals surface area contributed by atoms with Crippen molar-refractivity contribution in [3.8, 4) is 0 Å². The third-order valence-electron chi connectivity index (χ3n) is 5.02. The van der Waals surface area contributed by atoms with Crippen LogP contribution < -0.4 is 11.1 Å². The number of carbonyl (C=O) groups excluding carboxylic acids is 2. The fourth-order valence-corrected chi connectivity index (χ4v) is 3.48. The molecular formula is C21H28Cl2N4O2. The standard InChI is InChI=1S/C21H26N4O2.2ClH/c1-14(2)19(24-20(26)18-10-6-7-11-23-18)21(27)25-12-16(17(22)13-25)15-8-4-3-5-9-15;;/h3-11,14,16-17,19H,12-13,22H2,1-2H3,(H,24,26);2*1H/t16-,17+,19?;;/m0../s1. The largest absolute Gasteiger partial charge is 0.339 e. The number of rotatable bonds is 5. The van der Waals surface area contributed by atoms with Crippen molar-refractivity contribution in [2.75, 3.05) is 13.1 Å². The molecule has 1 unspecified atom stereocenters. The van der Waals surface area contributed by atoms with Gasteiger partial charge in [-0.1, -0.05) is 50.2 Å². The second-order valence-electron chi connectivity index (χ2n) is 7.33. The van der Waals surface area contributed by atoms with E-state index in [1.54, 1.807) is 29.3 Å². The number of carbonyl (C=O) groups is 2. The van der Waals surface area contributed by atoms with Gasteiger partial charge < -0.3 is 16.0 Å². The number of aromatic nitrogens is 1. The molecule has 0 saturated carbocycles. The quantitative estimate of drug-likeness (QED) is 0.750. The van der Waals surface area contributed by atoms with Gasteiger partial charge in [-0.05, 0) is 23.6 Å². The Kier molecular flexibility index (Phi) is 9.56. The van der Waals surface area contributed by atoms with Crippen molar-refractivity contribution in [3.63, 3.8) is 0 Å². The molecule has 0 spiro atoms.